The lowest BCUT2D eigenvalue weighted by molar-refractivity contribution is 0.0446. The van der Waals surface area contributed by atoms with Gasteiger partial charge in [0.25, 0.3) is 5.91 Å². The smallest absolute Gasteiger partial charge is 0.256 e. The van der Waals surface area contributed by atoms with E-state index in [9.17, 15) is 9.90 Å². The maximum atomic E-state index is 13.0. The van der Waals surface area contributed by atoms with Crippen molar-refractivity contribution in [2.45, 2.75) is 18.4 Å². The maximum Gasteiger partial charge on any atom is 0.256 e. The lowest BCUT2D eigenvalue weighted by atomic mass is 9.94. The molecule has 0 aliphatic carbocycles. The summed E-state index contributed by atoms with van der Waals surface area (Å²) in [6.45, 7) is 0.851. The van der Waals surface area contributed by atoms with Crippen LogP contribution in [0.4, 0.5) is 0 Å². The van der Waals surface area contributed by atoms with Crippen molar-refractivity contribution < 1.29 is 9.90 Å². The third-order valence-electron chi connectivity index (χ3n) is 4.96. The molecule has 1 aliphatic rings. The van der Waals surface area contributed by atoms with E-state index in [1.807, 2.05) is 48.5 Å². The first kappa shape index (κ1) is 17.0. The van der Waals surface area contributed by atoms with Crippen LogP contribution >= 0.6 is 11.6 Å². The normalized spacial score (nSPS) is 19.8. The molecule has 26 heavy (non-hydrogen) atoms. The van der Waals surface area contributed by atoms with Crippen molar-refractivity contribution >= 4 is 28.3 Å². The summed E-state index contributed by atoms with van der Waals surface area (Å²) in [5.41, 5.74) is 0.679. The van der Waals surface area contributed by atoms with Crippen LogP contribution in [0.25, 0.3) is 10.8 Å². The Balaban J connectivity index is 1.54. The van der Waals surface area contributed by atoms with Crippen LogP contribution in [0.3, 0.4) is 0 Å². The predicted octanol–water partition coefficient (Wildman–Crippen LogP) is 3.71. The van der Waals surface area contributed by atoms with Gasteiger partial charge in [-0.15, -0.1) is 0 Å². The molecule has 3 aromatic rings. The number of carbonyl (C=O) groups is 1. The third kappa shape index (κ3) is 3.30. The number of aliphatic hydroxyl groups is 1. The van der Waals surface area contributed by atoms with Crippen LogP contribution in [0.1, 0.15) is 22.3 Å². The molecule has 4 nitrogen and oxygen atoms in total. The zero-order valence-corrected chi connectivity index (χ0v) is 15.0. The average molecular weight is 367 g/mol. The molecule has 0 radical (unpaired) electrons. The van der Waals surface area contributed by atoms with Crippen molar-refractivity contribution in [3.05, 3.63) is 77.1 Å². The van der Waals surface area contributed by atoms with Gasteiger partial charge in [-0.2, -0.15) is 0 Å². The fourth-order valence-corrected chi connectivity index (χ4v) is 3.74. The van der Waals surface area contributed by atoms with Gasteiger partial charge in [0.15, 0.2) is 0 Å². The van der Waals surface area contributed by atoms with E-state index in [2.05, 4.69) is 4.98 Å². The summed E-state index contributed by atoms with van der Waals surface area (Å²) >= 11 is 5.92. The molecule has 1 atom stereocenters. The van der Waals surface area contributed by atoms with Crippen molar-refractivity contribution in [3.63, 3.8) is 0 Å². The van der Waals surface area contributed by atoms with Crippen LogP contribution in [-0.4, -0.2) is 39.6 Å². The van der Waals surface area contributed by atoms with E-state index in [1.54, 1.807) is 17.3 Å². The second-order valence-electron chi connectivity index (χ2n) is 6.91. The molecular weight excluding hydrogens is 348 g/mol. The number of benzene rings is 2. The minimum absolute atomic E-state index is 0.0821. The second kappa shape index (κ2) is 6.71. The number of hydrogen-bond donors (Lipinski definition) is 1. The predicted molar refractivity (Wildman–Crippen MR) is 102 cm³/mol. The molecule has 1 N–H and O–H groups in total. The van der Waals surface area contributed by atoms with Gasteiger partial charge in [-0.05, 0) is 29.5 Å². The van der Waals surface area contributed by atoms with Crippen molar-refractivity contribution in [2.24, 2.45) is 0 Å². The molecule has 1 fully saturated rings. The van der Waals surface area contributed by atoms with Crippen LogP contribution in [0, 0.1) is 0 Å². The molecule has 2 aromatic carbocycles. The van der Waals surface area contributed by atoms with Gasteiger partial charge in [-0.1, -0.05) is 48.0 Å². The number of fused-ring (bicyclic) bond motifs is 1. The Bertz CT molecular complexity index is 952. The van der Waals surface area contributed by atoms with E-state index in [-0.39, 0.29) is 5.91 Å². The first-order valence-electron chi connectivity index (χ1n) is 8.63. The standard InChI is InChI=1S/C21H19ClN2O2/c22-17-7-5-15(6-8-17)11-21(26)9-10-24(14-21)20(25)19-13-23-12-16-3-1-2-4-18(16)19/h1-8,12-13,26H,9-11,14H2. The summed E-state index contributed by atoms with van der Waals surface area (Å²) in [5.74, 6) is -0.0821. The fourth-order valence-electron chi connectivity index (χ4n) is 3.61. The van der Waals surface area contributed by atoms with Crippen LogP contribution in [0.2, 0.25) is 5.02 Å². The molecule has 2 heterocycles. The van der Waals surface area contributed by atoms with Crippen LogP contribution in [0.5, 0.6) is 0 Å². The molecule has 0 bridgehead atoms. The monoisotopic (exact) mass is 366 g/mol. The number of halogens is 1. The summed E-state index contributed by atoms with van der Waals surface area (Å²) in [4.78, 5) is 18.9. The number of aromatic nitrogens is 1. The van der Waals surface area contributed by atoms with Crippen molar-refractivity contribution in [2.75, 3.05) is 13.1 Å². The van der Waals surface area contributed by atoms with E-state index < -0.39 is 5.60 Å². The highest BCUT2D eigenvalue weighted by atomic mass is 35.5. The highest BCUT2D eigenvalue weighted by Gasteiger charge is 2.38. The number of carbonyl (C=O) groups excluding carboxylic acids is 1. The molecule has 1 aromatic heterocycles. The van der Waals surface area contributed by atoms with E-state index >= 15 is 0 Å². The first-order chi connectivity index (χ1) is 12.5. The third-order valence-corrected chi connectivity index (χ3v) is 5.22. The number of rotatable bonds is 3. The van der Waals surface area contributed by atoms with E-state index in [4.69, 9.17) is 11.6 Å². The number of nitrogens with zero attached hydrogens (tertiary/aromatic N) is 2. The zero-order valence-electron chi connectivity index (χ0n) is 14.2. The molecule has 5 heteroatoms. The van der Waals surface area contributed by atoms with Gasteiger partial charge in [-0.3, -0.25) is 9.78 Å². The molecule has 0 saturated carbocycles. The maximum absolute atomic E-state index is 13.0. The van der Waals surface area contributed by atoms with Gasteiger partial charge in [-0.25, -0.2) is 0 Å². The Morgan fingerprint density at radius 1 is 1.15 bits per heavy atom. The molecule has 1 unspecified atom stereocenters. The van der Waals surface area contributed by atoms with E-state index in [0.717, 1.165) is 16.3 Å². The van der Waals surface area contributed by atoms with Crippen molar-refractivity contribution in [3.8, 4) is 0 Å². The lowest BCUT2D eigenvalue weighted by Crippen LogP contribution is -2.37. The largest absolute Gasteiger partial charge is 0.388 e. The average Bonchev–Trinajstić information content (AvgIpc) is 3.04. The van der Waals surface area contributed by atoms with Crippen LogP contribution in [-0.2, 0) is 6.42 Å². The number of hydrogen-bond acceptors (Lipinski definition) is 3. The summed E-state index contributed by atoms with van der Waals surface area (Å²) in [6.07, 6.45) is 4.43. The fraction of sp³-hybridized carbons (Fsp3) is 0.238. The van der Waals surface area contributed by atoms with E-state index in [0.29, 0.717) is 36.5 Å². The minimum Gasteiger partial charge on any atom is -0.388 e. The van der Waals surface area contributed by atoms with Gasteiger partial charge in [0.05, 0.1) is 17.7 Å². The van der Waals surface area contributed by atoms with Gasteiger partial charge in [0, 0.05) is 35.8 Å². The van der Waals surface area contributed by atoms with Crippen molar-refractivity contribution in [1.29, 1.82) is 0 Å². The van der Waals surface area contributed by atoms with Crippen LogP contribution in [0.15, 0.2) is 60.9 Å². The number of β-amino-alcohol motifs (C(OH)–C–C–N with tert-alkyl or cyclic N) is 1. The molecule has 0 spiro atoms. The highest BCUT2D eigenvalue weighted by molar-refractivity contribution is 6.30. The Morgan fingerprint density at radius 3 is 2.73 bits per heavy atom. The molecule has 1 aliphatic heterocycles. The minimum atomic E-state index is -0.915. The summed E-state index contributed by atoms with van der Waals surface area (Å²) in [5, 5.41) is 13.5. The van der Waals surface area contributed by atoms with Gasteiger partial charge in [0.2, 0.25) is 0 Å². The van der Waals surface area contributed by atoms with Crippen LogP contribution < -0.4 is 0 Å². The second-order valence-corrected chi connectivity index (χ2v) is 7.35. The Kier molecular flexibility index (Phi) is 4.39. The van der Waals surface area contributed by atoms with Gasteiger partial charge < -0.3 is 10.0 Å². The summed E-state index contributed by atoms with van der Waals surface area (Å²) in [6, 6.07) is 15.2. The lowest BCUT2D eigenvalue weighted by Gasteiger charge is -2.24. The number of amides is 1. The van der Waals surface area contributed by atoms with Gasteiger partial charge in [0.1, 0.15) is 0 Å². The first-order valence-corrected chi connectivity index (χ1v) is 9.01. The Labute approximate surface area is 157 Å². The molecular formula is C21H19ClN2O2. The highest BCUT2D eigenvalue weighted by Crippen LogP contribution is 2.28. The summed E-state index contributed by atoms with van der Waals surface area (Å²) in [7, 11) is 0. The molecule has 1 amide bonds. The molecule has 1 saturated heterocycles. The number of pyridine rings is 1. The zero-order chi connectivity index (χ0) is 18.1. The Morgan fingerprint density at radius 2 is 1.92 bits per heavy atom. The van der Waals surface area contributed by atoms with Gasteiger partial charge >= 0.3 is 0 Å². The van der Waals surface area contributed by atoms with Crippen molar-refractivity contribution in [1.82, 2.24) is 9.88 Å². The SMILES string of the molecule is O=C(c1cncc2ccccc12)N1CCC(O)(Cc2ccc(Cl)cc2)C1. The number of likely N-dealkylation sites (tertiary alicyclic amines) is 1. The molecule has 4 rings (SSSR count). The van der Waals surface area contributed by atoms with E-state index in [1.165, 1.54) is 0 Å². The topological polar surface area (TPSA) is 53.4 Å². The quantitative estimate of drug-likeness (QED) is 0.768. The summed E-state index contributed by atoms with van der Waals surface area (Å²) < 4.78 is 0. The molecule has 132 valence electrons. The Hall–Kier alpha value is -2.43.